The molecule has 4 rings (SSSR count). The number of carbonyl (C=O) groups is 1. The number of oxazole rings is 1. The molecule has 0 unspecified atom stereocenters. The molecule has 0 aliphatic carbocycles. The van der Waals surface area contributed by atoms with E-state index in [4.69, 9.17) is 13.9 Å². The van der Waals surface area contributed by atoms with Gasteiger partial charge in [0.05, 0.1) is 12.1 Å². The van der Waals surface area contributed by atoms with E-state index in [0.29, 0.717) is 23.1 Å². The lowest BCUT2D eigenvalue weighted by atomic mass is 10.2. The molecule has 2 aliphatic rings. The van der Waals surface area contributed by atoms with Crippen molar-refractivity contribution >= 4 is 5.91 Å². The van der Waals surface area contributed by atoms with Gasteiger partial charge in [0.25, 0.3) is 0 Å². The van der Waals surface area contributed by atoms with Crippen molar-refractivity contribution < 1.29 is 18.7 Å². The highest BCUT2D eigenvalue weighted by Gasteiger charge is 2.23. The summed E-state index contributed by atoms with van der Waals surface area (Å²) in [4.78, 5) is 21.4. The molecule has 1 fully saturated rings. The lowest BCUT2D eigenvalue weighted by molar-refractivity contribution is -0.132. The van der Waals surface area contributed by atoms with Crippen molar-refractivity contribution in [3.63, 3.8) is 0 Å². The maximum Gasteiger partial charge on any atom is 0.231 e. The number of carbonyl (C=O) groups excluding carboxylic acids is 1. The topological polar surface area (TPSA) is 68.0 Å². The zero-order valence-corrected chi connectivity index (χ0v) is 15.2. The third kappa shape index (κ3) is 3.26. The fourth-order valence-corrected chi connectivity index (χ4v) is 3.31. The monoisotopic (exact) mass is 357 g/mol. The quantitative estimate of drug-likeness (QED) is 0.835. The highest BCUT2D eigenvalue weighted by atomic mass is 16.7. The van der Waals surface area contributed by atoms with E-state index in [1.54, 1.807) is 0 Å². The number of rotatable bonds is 4. The van der Waals surface area contributed by atoms with Crippen LogP contribution in [0.2, 0.25) is 0 Å². The molecule has 0 atom stereocenters. The third-order valence-electron chi connectivity index (χ3n) is 5.00. The van der Waals surface area contributed by atoms with E-state index in [1.807, 2.05) is 30.0 Å². The molecule has 0 N–H and O–H groups in total. The van der Waals surface area contributed by atoms with Gasteiger partial charge in [0.15, 0.2) is 11.5 Å². The van der Waals surface area contributed by atoms with Crippen LogP contribution in [0.5, 0.6) is 11.5 Å². The van der Waals surface area contributed by atoms with Gasteiger partial charge in [-0.1, -0.05) is 6.92 Å². The summed E-state index contributed by atoms with van der Waals surface area (Å²) < 4.78 is 16.5. The van der Waals surface area contributed by atoms with Gasteiger partial charge in [-0.2, -0.15) is 0 Å². The lowest BCUT2D eigenvalue weighted by Gasteiger charge is -2.34. The lowest BCUT2D eigenvalue weighted by Crippen LogP contribution is -2.48. The molecule has 3 heterocycles. The van der Waals surface area contributed by atoms with Crippen molar-refractivity contribution in [3.05, 3.63) is 29.7 Å². The van der Waals surface area contributed by atoms with Crippen LogP contribution in [0.15, 0.2) is 22.6 Å². The van der Waals surface area contributed by atoms with Gasteiger partial charge in [-0.05, 0) is 31.7 Å². The number of hydrogen-bond donors (Lipinski definition) is 0. The first kappa shape index (κ1) is 16.9. The zero-order chi connectivity index (χ0) is 18.1. The minimum atomic E-state index is 0.106. The van der Waals surface area contributed by atoms with Gasteiger partial charge >= 0.3 is 0 Å². The van der Waals surface area contributed by atoms with Gasteiger partial charge in [0.1, 0.15) is 5.76 Å². The number of hydrogen-bond acceptors (Lipinski definition) is 6. The van der Waals surface area contributed by atoms with Crippen molar-refractivity contribution in [2.45, 2.75) is 20.3 Å². The number of benzene rings is 1. The van der Waals surface area contributed by atoms with Crippen LogP contribution in [-0.4, -0.2) is 60.2 Å². The molecule has 0 spiro atoms. The van der Waals surface area contributed by atoms with E-state index in [0.717, 1.165) is 44.0 Å². The van der Waals surface area contributed by atoms with Crippen LogP contribution in [0.1, 0.15) is 18.4 Å². The average Bonchev–Trinajstić information content (AvgIpc) is 3.28. The number of piperazine rings is 1. The first-order valence-electron chi connectivity index (χ1n) is 9.00. The van der Waals surface area contributed by atoms with Crippen LogP contribution in [-0.2, 0) is 11.2 Å². The van der Waals surface area contributed by atoms with Crippen molar-refractivity contribution in [1.29, 1.82) is 0 Å². The summed E-state index contributed by atoms with van der Waals surface area (Å²) in [5.74, 6) is 2.69. The van der Waals surface area contributed by atoms with E-state index in [9.17, 15) is 4.79 Å². The fourth-order valence-electron chi connectivity index (χ4n) is 3.31. The van der Waals surface area contributed by atoms with E-state index in [2.05, 4.69) is 16.8 Å². The number of ether oxygens (including phenoxy) is 2. The highest BCUT2D eigenvalue weighted by Crippen LogP contribution is 2.36. The van der Waals surface area contributed by atoms with Gasteiger partial charge in [0.2, 0.25) is 18.6 Å². The molecule has 0 bridgehead atoms. The SMILES string of the molecule is CCN1CCN(C(=O)Cc2nc(-c3ccc4c(c3)OCO4)oc2C)CC1. The van der Waals surface area contributed by atoms with Gasteiger partial charge in [-0.3, -0.25) is 4.79 Å². The van der Waals surface area contributed by atoms with Crippen LogP contribution >= 0.6 is 0 Å². The molecule has 0 radical (unpaired) electrons. The summed E-state index contributed by atoms with van der Waals surface area (Å²) in [6.07, 6.45) is 0.270. The van der Waals surface area contributed by atoms with Gasteiger partial charge in [-0.25, -0.2) is 4.98 Å². The average molecular weight is 357 g/mol. The Labute approximate surface area is 152 Å². The molecule has 7 heteroatoms. The summed E-state index contributed by atoms with van der Waals surface area (Å²) in [5.41, 5.74) is 1.51. The molecule has 1 aromatic carbocycles. The first-order valence-corrected chi connectivity index (χ1v) is 9.00. The van der Waals surface area contributed by atoms with Crippen LogP contribution in [0.4, 0.5) is 0 Å². The zero-order valence-electron chi connectivity index (χ0n) is 15.2. The Balaban J connectivity index is 1.46. The molecule has 1 saturated heterocycles. The van der Waals surface area contributed by atoms with Crippen molar-refractivity contribution in [2.24, 2.45) is 0 Å². The number of amides is 1. The Morgan fingerprint density at radius 2 is 1.92 bits per heavy atom. The minimum absolute atomic E-state index is 0.106. The molecule has 138 valence electrons. The molecule has 0 saturated carbocycles. The largest absolute Gasteiger partial charge is 0.454 e. The number of nitrogens with zero attached hydrogens (tertiary/aromatic N) is 3. The standard InChI is InChI=1S/C19H23N3O4/c1-3-21-6-8-22(9-7-21)18(23)11-15-13(2)26-19(20-15)14-4-5-16-17(10-14)25-12-24-16/h4-5,10H,3,6-9,11-12H2,1-2H3. The maximum atomic E-state index is 12.6. The Bertz CT molecular complexity index is 809. The Morgan fingerprint density at radius 1 is 1.15 bits per heavy atom. The van der Waals surface area contributed by atoms with Crippen LogP contribution < -0.4 is 9.47 Å². The molecule has 2 aliphatic heterocycles. The maximum absolute atomic E-state index is 12.6. The normalized spacial score (nSPS) is 16.9. The fraction of sp³-hybridized carbons (Fsp3) is 0.474. The minimum Gasteiger partial charge on any atom is -0.454 e. The summed E-state index contributed by atoms with van der Waals surface area (Å²) in [6, 6.07) is 5.58. The van der Waals surface area contributed by atoms with Crippen molar-refractivity contribution in [1.82, 2.24) is 14.8 Å². The van der Waals surface area contributed by atoms with Crippen LogP contribution in [0.3, 0.4) is 0 Å². The number of fused-ring (bicyclic) bond motifs is 1. The van der Waals surface area contributed by atoms with Crippen molar-refractivity contribution in [3.8, 4) is 23.0 Å². The summed E-state index contributed by atoms with van der Waals surface area (Å²) in [5, 5.41) is 0. The van der Waals surface area contributed by atoms with E-state index in [1.165, 1.54) is 0 Å². The molecular formula is C19H23N3O4. The molecule has 2 aromatic rings. The molecule has 1 amide bonds. The summed E-state index contributed by atoms with van der Waals surface area (Å²) in [6.45, 7) is 8.68. The van der Waals surface area contributed by atoms with Crippen LogP contribution in [0, 0.1) is 6.92 Å². The second-order valence-corrected chi connectivity index (χ2v) is 6.58. The van der Waals surface area contributed by atoms with Crippen molar-refractivity contribution in [2.75, 3.05) is 39.5 Å². The van der Waals surface area contributed by atoms with E-state index in [-0.39, 0.29) is 19.1 Å². The molecule has 26 heavy (non-hydrogen) atoms. The Morgan fingerprint density at radius 3 is 2.69 bits per heavy atom. The molecular weight excluding hydrogens is 334 g/mol. The first-order chi connectivity index (χ1) is 12.6. The molecule has 7 nitrogen and oxygen atoms in total. The Hall–Kier alpha value is -2.54. The van der Waals surface area contributed by atoms with E-state index < -0.39 is 0 Å². The second kappa shape index (κ2) is 6.99. The van der Waals surface area contributed by atoms with Gasteiger partial charge in [0, 0.05) is 31.7 Å². The van der Waals surface area contributed by atoms with E-state index >= 15 is 0 Å². The second-order valence-electron chi connectivity index (χ2n) is 6.58. The number of aryl methyl sites for hydroxylation is 1. The number of likely N-dealkylation sites (N-methyl/N-ethyl adjacent to an activating group) is 1. The highest BCUT2D eigenvalue weighted by molar-refractivity contribution is 5.79. The summed E-state index contributed by atoms with van der Waals surface area (Å²) in [7, 11) is 0. The summed E-state index contributed by atoms with van der Waals surface area (Å²) >= 11 is 0. The molecule has 1 aromatic heterocycles. The predicted octanol–water partition coefficient (Wildman–Crippen LogP) is 2.09. The predicted molar refractivity (Wildman–Crippen MR) is 95.2 cm³/mol. The Kier molecular flexibility index (Phi) is 4.55. The van der Waals surface area contributed by atoms with Crippen LogP contribution in [0.25, 0.3) is 11.5 Å². The van der Waals surface area contributed by atoms with Gasteiger partial charge in [-0.15, -0.1) is 0 Å². The smallest absolute Gasteiger partial charge is 0.231 e. The van der Waals surface area contributed by atoms with Gasteiger partial charge < -0.3 is 23.7 Å². The third-order valence-corrected chi connectivity index (χ3v) is 5.00. The number of aromatic nitrogens is 1.